The lowest BCUT2D eigenvalue weighted by atomic mass is 10.0. The predicted molar refractivity (Wildman–Crippen MR) is 75.7 cm³/mol. The number of nitrogens with zero attached hydrogens (tertiary/aromatic N) is 1. The van der Waals surface area contributed by atoms with Gasteiger partial charge in [0.2, 0.25) is 0 Å². The van der Waals surface area contributed by atoms with E-state index in [-0.39, 0.29) is 11.7 Å². The number of carbonyl (C=O) groups is 1. The molecule has 2 aromatic rings. The van der Waals surface area contributed by atoms with Gasteiger partial charge in [-0.1, -0.05) is 12.1 Å². The van der Waals surface area contributed by atoms with Crippen LogP contribution < -0.4 is 0 Å². The van der Waals surface area contributed by atoms with Gasteiger partial charge >= 0.3 is 5.97 Å². The number of methoxy groups -OCH3 is 1. The first-order chi connectivity index (χ1) is 9.70. The van der Waals surface area contributed by atoms with E-state index in [1.54, 1.807) is 30.5 Å². The largest absolute Gasteiger partial charge is 0.506 e. The molecule has 20 heavy (non-hydrogen) atoms. The first-order valence-corrected chi connectivity index (χ1v) is 6.51. The number of hydrogen-bond acceptors (Lipinski definition) is 4. The molecule has 0 spiro atoms. The summed E-state index contributed by atoms with van der Waals surface area (Å²) in [6.45, 7) is 0. The minimum atomic E-state index is -0.324. The summed E-state index contributed by atoms with van der Waals surface area (Å²) < 4.78 is 4.65. The number of rotatable bonds is 5. The number of pyridine rings is 1. The molecule has 0 atom stereocenters. The van der Waals surface area contributed by atoms with Gasteiger partial charge in [-0.25, -0.2) is 4.79 Å². The van der Waals surface area contributed by atoms with Crippen LogP contribution in [-0.2, 0) is 17.6 Å². The third-order valence-corrected chi connectivity index (χ3v) is 3.12. The Labute approximate surface area is 118 Å². The van der Waals surface area contributed by atoms with Crippen LogP contribution >= 0.6 is 0 Å². The number of hydrogen-bond donors (Lipinski definition) is 1. The van der Waals surface area contributed by atoms with Gasteiger partial charge < -0.3 is 9.84 Å². The van der Waals surface area contributed by atoms with Crippen LogP contribution in [-0.4, -0.2) is 23.2 Å². The van der Waals surface area contributed by atoms with Crippen molar-refractivity contribution >= 4 is 5.97 Å². The molecule has 0 aliphatic rings. The minimum absolute atomic E-state index is 0.244. The number of esters is 1. The Bertz CT molecular complexity index is 579. The van der Waals surface area contributed by atoms with Crippen molar-refractivity contribution < 1.29 is 14.6 Å². The summed E-state index contributed by atoms with van der Waals surface area (Å²) in [7, 11) is 1.37. The Morgan fingerprint density at radius 1 is 1.20 bits per heavy atom. The second kappa shape index (κ2) is 6.70. The number of aromatic hydroxyl groups is 1. The molecule has 1 aromatic carbocycles. The van der Waals surface area contributed by atoms with Crippen molar-refractivity contribution in [2.75, 3.05) is 7.11 Å². The highest BCUT2D eigenvalue weighted by molar-refractivity contribution is 5.89. The van der Waals surface area contributed by atoms with Crippen LogP contribution in [0.4, 0.5) is 0 Å². The Hall–Kier alpha value is -2.36. The average molecular weight is 271 g/mol. The van der Waals surface area contributed by atoms with Gasteiger partial charge in [-0.3, -0.25) is 4.98 Å². The van der Waals surface area contributed by atoms with Crippen molar-refractivity contribution in [1.82, 2.24) is 4.98 Å². The Kier molecular flexibility index (Phi) is 4.71. The molecular weight excluding hydrogens is 254 g/mol. The summed E-state index contributed by atoms with van der Waals surface area (Å²) in [6.07, 6.45) is 4.17. The molecule has 2 rings (SSSR count). The van der Waals surface area contributed by atoms with E-state index in [1.807, 2.05) is 12.1 Å². The lowest BCUT2D eigenvalue weighted by Crippen LogP contribution is -2.01. The number of aryl methyl sites for hydroxylation is 2. The smallest absolute Gasteiger partial charge is 0.337 e. The SMILES string of the molecule is COC(=O)c1ccc(CCCc2ncccc2O)cc1. The van der Waals surface area contributed by atoms with Crippen molar-refractivity contribution in [1.29, 1.82) is 0 Å². The fraction of sp³-hybridized carbons (Fsp3) is 0.250. The third-order valence-electron chi connectivity index (χ3n) is 3.12. The average Bonchev–Trinajstić information content (AvgIpc) is 2.49. The molecule has 0 saturated heterocycles. The predicted octanol–water partition coefficient (Wildman–Crippen LogP) is 2.75. The molecule has 0 unspecified atom stereocenters. The molecule has 0 saturated carbocycles. The van der Waals surface area contributed by atoms with Gasteiger partial charge in [0.05, 0.1) is 18.4 Å². The third kappa shape index (κ3) is 3.57. The highest BCUT2D eigenvalue weighted by Gasteiger charge is 2.05. The maximum absolute atomic E-state index is 11.3. The Morgan fingerprint density at radius 2 is 1.95 bits per heavy atom. The second-order valence-corrected chi connectivity index (χ2v) is 4.51. The Balaban J connectivity index is 1.88. The number of benzene rings is 1. The lowest BCUT2D eigenvalue weighted by molar-refractivity contribution is 0.0600. The lowest BCUT2D eigenvalue weighted by Gasteiger charge is -2.04. The quantitative estimate of drug-likeness (QED) is 0.849. The maximum atomic E-state index is 11.3. The fourth-order valence-electron chi connectivity index (χ4n) is 2.01. The highest BCUT2D eigenvalue weighted by Crippen LogP contribution is 2.16. The maximum Gasteiger partial charge on any atom is 0.337 e. The van der Waals surface area contributed by atoms with E-state index in [9.17, 15) is 9.90 Å². The van der Waals surface area contributed by atoms with Crippen molar-refractivity contribution in [2.45, 2.75) is 19.3 Å². The summed E-state index contributed by atoms with van der Waals surface area (Å²) in [5.74, 6) is -0.0801. The fourth-order valence-corrected chi connectivity index (χ4v) is 2.01. The monoisotopic (exact) mass is 271 g/mol. The molecule has 0 bridgehead atoms. The molecule has 4 nitrogen and oxygen atoms in total. The normalized spacial score (nSPS) is 10.2. The zero-order valence-electron chi connectivity index (χ0n) is 11.4. The second-order valence-electron chi connectivity index (χ2n) is 4.51. The molecule has 1 aromatic heterocycles. The van der Waals surface area contributed by atoms with Crippen LogP contribution in [0.25, 0.3) is 0 Å². The van der Waals surface area contributed by atoms with Crippen LogP contribution in [0.15, 0.2) is 42.6 Å². The summed E-state index contributed by atoms with van der Waals surface area (Å²) in [5.41, 5.74) is 2.42. The van der Waals surface area contributed by atoms with Crippen molar-refractivity contribution in [2.24, 2.45) is 0 Å². The summed E-state index contributed by atoms with van der Waals surface area (Å²) >= 11 is 0. The van der Waals surface area contributed by atoms with Crippen molar-refractivity contribution in [3.05, 3.63) is 59.4 Å². The van der Waals surface area contributed by atoms with E-state index in [1.165, 1.54) is 7.11 Å². The van der Waals surface area contributed by atoms with Gasteiger partial charge in [0, 0.05) is 6.20 Å². The van der Waals surface area contributed by atoms with E-state index < -0.39 is 0 Å². The van der Waals surface area contributed by atoms with Crippen LogP contribution in [0.3, 0.4) is 0 Å². The highest BCUT2D eigenvalue weighted by atomic mass is 16.5. The van der Waals surface area contributed by atoms with E-state index in [0.29, 0.717) is 5.56 Å². The molecule has 0 amide bonds. The number of carbonyl (C=O) groups excluding carboxylic acids is 1. The van der Waals surface area contributed by atoms with Gasteiger partial charge in [0.1, 0.15) is 5.75 Å². The van der Waals surface area contributed by atoms with E-state index >= 15 is 0 Å². The summed E-state index contributed by atoms with van der Waals surface area (Å²) in [5, 5.41) is 9.62. The van der Waals surface area contributed by atoms with Crippen LogP contribution in [0.1, 0.15) is 28.0 Å². The molecule has 0 aliphatic carbocycles. The minimum Gasteiger partial charge on any atom is -0.506 e. The molecule has 0 aliphatic heterocycles. The first kappa shape index (κ1) is 14.1. The first-order valence-electron chi connectivity index (χ1n) is 6.51. The van der Waals surface area contributed by atoms with E-state index in [0.717, 1.165) is 30.5 Å². The van der Waals surface area contributed by atoms with E-state index in [4.69, 9.17) is 0 Å². The molecule has 1 N–H and O–H groups in total. The van der Waals surface area contributed by atoms with Gasteiger partial charge in [0.15, 0.2) is 0 Å². The molecule has 0 fully saturated rings. The van der Waals surface area contributed by atoms with Crippen LogP contribution in [0.5, 0.6) is 5.75 Å². The zero-order valence-corrected chi connectivity index (χ0v) is 11.4. The number of aromatic nitrogens is 1. The van der Waals surface area contributed by atoms with Gasteiger partial charge in [-0.2, -0.15) is 0 Å². The number of ether oxygens (including phenoxy) is 1. The standard InChI is InChI=1S/C16H17NO3/c1-20-16(19)13-9-7-12(8-10-13)4-2-5-14-15(18)6-3-11-17-14/h3,6-11,18H,2,4-5H2,1H3. The van der Waals surface area contributed by atoms with Crippen molar-refractivity contribution in [3.8, 4) is 5.75 Å². The van der Waals surface area contributed by atoms with Gasteiger partial charge in [-0.05, 0) is 49.1 Å². The van der Waals surface area contributed by atoms with E-state index in [2.05, 4.69) is 9.72 Å². The topological polar surface area (TPSA) is 59.4 Å². The van der Waals surface area contributed by atoms with Gasteiger partial charge in [0.25, 0.3) is 0 Å². The van der Waals surface area contributed by atoms with Crippen LogP contribution in [0.2, 0.25) is 0 Å². The van der Waals surface area contributed by atoms with Crippen molar-refractivity contribution in [3.63, 3.8) is 0 Å². The Morgan fingerprint density at radius 3 is 2.60 bits per heavy atom. The molecule has 104 valence electrons. The molecular formula is C16H17NO3. The molecule has 1 heterocycles. The summed E-state index contributed by atoms with van der Waals surface area (Å²) in [6, 6.07) is 10.7. The van der Waals surface area contributed by atoms with Gasteiger partial charge in [-0.15, -0.1) is 0 Å². The summed E-state index contributed by atoms with van der Waals surface area (Å²) in [4.78, 5) is 15.4. The zero-order chi connectivity index (χ0) is 14.4. The molecule has 0 radical (unpaired) electrons. The molecule has 4 heteroatoms. The van der Waals surface area contributed by atoms with Crippen LogP contribution in [0, 0.1) is 0 Å².